The van der Waals surface area contributed by atoms with Crippen LogP contribution in [0, 0.1) is 6.92 Å². The van der Waals surface area contributed by atoms with E-state index in [9.17, 15) is 9.59 Å². The van der Waals surface area contributed by atoms with Crippen molar-refractivity contribution in [3.05, 3.63) is 35.4 Å². The van der Waals surface area contributed by atoms with Crippen LogP contribution in [0.25, 0.3) is 0 Å². The normalized spacial score (nSPS) is 9.81. The van der Waals surface area contributed by atoms with E-state index in [1.165, 1.54) is 0 Å². The number of hydrogen-bond acceptors (Lipinski definition) is 2. The maximum Gasteiger partial charge on any atom is 0.303 e. The van der Waals surface area contributed by atoms with Crippen LogP contribution in [0.3, 0.4) is 0 Å². The molecule has 0 unspecified atom stereocenters. The van der Waals surface area contributed by atoms with E-state index in [1.807, 2.05) is 31.2 Å². The lowest BCUT2D eigenvalue weighted by Gasteiger charge is -2.06. The zero-order valence-electron chi connectivity index (χ0n) is 9.19. The molecule has 1 rings (SSSR count). The van der Waals surface area contributed by atoms with Crippen molar-refractivity contribution in [1.29, 1.82) is 0 Å². The minimum absolute atomic E-state index is 0.0290. The van der Waals surface area contributed by atoms with E-state index in [0.717, 1.165) is 11.1 Å². The molecule has 4 heteroatoms. The van der Waals surface area contributed by atoms with E-state index in [0.29, 0.717) is 6.54 Å². The zero-order valence-corrected chi connectivity index (χ0v) is 9.19. The van der Waals surface area contributed by atoms with Crippen LogP contribution in [0.15, 0.2) is 24.3 Å². The van der Waals surface area contributed by atoms with Gasteiger partial charge in [0.25, 0.3) is 0 Å². The number of benzene rings is 1. The van der Waals surface area contributed by atoms with Gasteiger partial charge in [-0.25, -0.2) is 0 Å². The minimum atomic E-state index is -0.953. The third-order valence-electron chi connectivity index (χ3n) is 2.30. The summed E-state index contributed by atoms with van der Waals surface area (Å²) in [6.45, 7) is 2.42. The number of carbonyl (C=O) groups excluding carboxylic acids is 1. The Hall–Kier alpha value is -1.84. The summed E-state index contributed by atoms with van der Waals surface area (Å²) in [7, 11) is 0. The molecule has 0 radical (unpaired) electrons. The fraction of sp³-hybridized carbons (Fsp3) is 0.333. The summed E-state index contributed by atoms with van der Waals surface area (Å²) in [4.78, 5) is 21.5. The summed E-state index contributed by atoms with van der Waals surface area (Å²) in [5, 5.41) is 11.1. The number of rotatable bonds is 5. The number of aliphatic carboxylic acids is 1. The second kappa shape index (κ2) is 5.90. The first-order valence-electron chi connectivity index (χ1n) is 5.12. The first kappa shape index (κ1) is 12.2. The van der Waals surface area contributed by atoms with Crippen LogP contribution < -0.4 is 5.32 Å². The monoisotopic (exact) mass is 221 g/mol. The Morgan fingerprint density at radius 2 is 1.94 bits per heavy atom. The van der Waals surface area contributed by atoms with E-state index >= 15 is 0 Å². The molecule has 0 aromatic heterocycles. The number of carbonyl (C=O) groups is 2. The van der Waals surface area contributed by atoms with E-state index in [-0.39, 0.29) is 18.7 Å². The lowest BCUT2D eigenvalue weighted by molar-refractivity contribution is -0.138. The summed E-state index contributed by atoms with van der Waals surface area (Å²) in [6.07, 6.45) is -0.0964. The highest BCUT2D eigenvalue weighted by atomic mass is 16.4. The molecule has 4 nitrogen and oxygen atoms in total. The molecule has 0 aliphatic carbocycles. The van der Waals surface area contributed by atoms with Crippen molar-refractivity contribution in [1.82, 2.24) is 5.32 Å². The molecule has 0 spiro atoms. The highest BCUT2D eigenvalue weighted by molar-refractivity contribution is 5.80. The van der Waals surface area contributed by atoms with Crippen molar-refractivity contribution in [2.45, 2.75) is 26.3 Å². The molecule has 86 valence electrons. The number of hydrogen-bond donors (Lipinski definition) is 2. The van der Waals surface area contributed by atoms with Crippen LogP contribution in [0.2, 0.25) is 0 Å². The van der Waals surface area contributed by atoms with Gasteiger partial charge in [-0.3, -0.25) is 9.59 Å². The molecule has 16 heavy (non-hydrogen) atoms. The number of amides is 1. The van der Waals surface area contributed by atoms with Crippen LogP contribution in [0.1, 0.15) is 24.0 Å². The standard InChI is InChI=1S/C12H15NO3/c1-9-4-2-3-5-10(9)8-13-11(14)6-7-12(15)16/h2-5H,6-8H2,1H3,(H,13,14)(H,15,16). The average Bonchev–Trinajstić information content (AvgIpc) is 2.25. The summed E-state index contributed by atoms with van der Waals surface area (Å²) >= 11 is 0. The minimum Gasteiger partial charge on any atom is -0.481 e. The fourth-order valence-corrected chi connectivity index (χ4v) is 1.31. The van der Waals surface area contributed by atoms with Gasteiger partial charge in [0.15, 0.2) is 0 Å². The molecular formula is C12H15NO3. The molecular weight excluding hydrogens is 206 g/mol. The van der Waals surface area contributed by atoms with Crippen molar-refractivity contribution >= 4 is 11.9 Å². The van der Waals surface area contributed by atoms with Crippen LogP contribution in [-0.4, -0.2) is 17.0 Å². The number of nitrogens with one attached hydrogen (secondary N) is 1. The maximum absolute atomic E-state index is 11.3. The van der Waals surface area contributed by atoms with Crippen LogP contribution in [0.4, 0.5) is 0 Å². The highest BCUT2D eigenvalue weighted by Crippen LogP contribution is 2.06. The summed E-state index contributed by atoms with van der Waals surface area (Å²) < 4.78 is 0. The van der Waals surface area contributed by atoms with Gasteiger partial charge in [-0.2, -0.15) is 0 Å². The largest absolute Gasteiger partial charge is 0.481 e. The van der Waals surface area contributed by atoms with Gasteiger partial charge in [0, 0.05) is 13.0 Å². The average molecular weight is 221 g/mol. The number of carboxylic acids is 1. The highest BCUT2D eigenvalue weighted by Gasteiger charge is 2.05. The van der Waals surface area contributed by atoms with Gasteiger partial charge in [0.2, 0.25) is 5.91 Å². The zero-order chi connectivity index (χ0) is 12.0. The molecule has 0 aliphatic rings. The Balaban J connectivity index is 2.37. The number of aryl methyl sites for hydroxylation is 1. The topological polar surface area (TPSA) is 66.4 Å². The van der Waals surface area contributed by atoms with Crippen molar-refractivity contribution in [2.24, 2.45) is 0 Å². The predicted octanol–water partition coefficient (Wildman–Crippen LogP) is 1.48. The number of carboxylic acid groups (broad SMARTS) is 1. The van der Waals surface area contributed by atoms with Crippen molar-refractivity contribution in [3.63, 3.8) is 0 Å². The Morgan fingerprint density at radius 3 is 2.56 bits per heavy atom. The van der Waals surface area contributed by atoms with Crippen LogP contribution >= 0.6 is 0 Å². The van der Waals surface area contributed by atoms with Crippen molar-refractivity contribution in [3.8, 4) is 0 Å². The van der Waals surface area contributed by atoms with Gasteiger partial charge in [0.1, 0.15) is 0 Å². The van der Waals surface area contributed by atoms with Crippen LogP contribution in [-0.2, 0) is 16.1 Å². The Labute approximate surface area is 94.3 Å². The summed E-state index contributed by atoms with van der Waals surface area (Å²) in [6, 6.07) is 7.75. The van der Waals surface area contributed by atoms with Crippen molar-refractivity contribution < 1.29 is 14.7 Å². The van der Waals surface area contributed by atoms with Crippen molar-refractivity contribution in [2.75, 3.05) is 0 Å². The molecule has 1 aromatic rings. The van der Waals surface area contributed by atoms with E-state index in [1.54, 1.807) is 0 Å². The smallest absolute Gasteiger partial charge is 0.303 e. The fourth-order valence-electron chi connectivity index (χ4n) is 1.31. The first-order chi connectivity index (χ1) is 7.59. The quantitative estimate of drug-likeness (QED) is 0.791. The van der Waals surface area contributed by atoms with Crippen LogP contribution in [0.5, 0.6) is 0 Å². The molecule has 0 heterocycles. The first-order valence-corrected chi connectivity index (χ1v) is 5.12. The van der Waals surface area contributed by atoms with Gasteiger partial charge < -0.3 is 10.4 Å². The van der Waals surface area contributed by atoms with Gasteiger partial charge in [-0.1, -0.05) is 24.3 Å². The molecule has 2 N–H and O–H groups in total. The third kappa shape index (κ3) is 4.13. The van der Waals surface area contributed by atoms with E-state index in [2.05, 4.69) is 5.32 Å². The van der Waals surface area contributed by atoms with E-state index in [4.69, 9.17) is 5.11 Å². The third-order valence-corrected chi connectivity index (χ3v) is 2.30. The molecule has 0 atom stereocenters. The lowest BCUT2D eigenvalue weighted by Crippen LogP contribution is -2.23. The molecule has 0 fully saturated rings. The van der Waals surface area contributed by atoms with Gasteiger partial charge >= 0.3 is 5.97 Å². The molecule has 0 saturated carbocycles. The second-order valence-electron chi connectivity index (χ2n) is 3.60. The van der Waals surface area contributed by atoms with Gasteiger partial charge in [-0.15, -0.1) is 0 Å². The maximum atomic E-state index is 11.3. The van der Waals surface area contributed by atoms with Gasteiger partial charge in [0.05, 0.1) is 6.42 Å². The predicted molar refractivity (Wildman–Crippen MR) is 59.9 cm³/mol. The van der Waals surface area contributed by atoms with E-state index < -0.39 is 5.97 Å². The Bertz CT molecular complexity index is 388. The molecule has 1 aromatic carbocycles. The lowest BCUT2D eigenvalue weighted by atomic mass is 10.1. The van der Waals surface area contributed by atoms with Gasteiger partial charge in [-0.05, 0) is 18.1 Å². The molecule has 1 amide bonds. The Kier molecular flexibility index (Phi) is 4.51. The SMILES string of the molecule is Cc1ccccc1CNC(=O)CCC(=O)O. The Morgan fingerprint density at radius 1 is 1.25 bits per heavy atom. The molecule has 0 saturated heterocycles. The second-order valence-corrected chi connectivity index (χ2v) is 3.60. The molecule has 0 bridgehead atoms. The summed E-state index contributed by atoms with van der Waals surface area (Å²) in [5.74, 6) is -1.18. The summed E-state index contributed by atoms with van der Waals surface area (Å²) in [5.41, 5.74) is 2.16. The molecule has 0 aliphatic heterocycles.